The molecule has 2 aromatic rings. The first-order valence-corrected chi connectivity index (χ1v) is 10.9. The Morgan fingerprint density at radius 3 is 2.72 bits per heavy atom. The number of rotatable bonds is 6. The third-order valence-corrected chi connectivity index (χ3v) is 7.14. The lowest BCUT2D eigenvalue weighted by Crippen LogP contribution is -2.47. The largest absolute Gasteiger partial charge is 0.497 e. The smallest absolute Gasteiger partial charge is 0.326 e. The molecule has 29 heavy (non-hydrogen) atoms. The van der Waals surface area contributed by atoms with Crippen molar-refractivity contribution in [3.63, 3.8) is 0 Å². The van der Waals surface area contributed by atoms with Gasteiger partial charge in [0.25, 0.3) is 5.91 Å². The number of amides is 3. The van der Waals surface area contributed by atoms with E-state index in [2.05, 4.69) is 28.6 Å². The second kappa shape index (κ2) is 7.80. The number of benzene rings is 1. The number of hydrogen-bond donors (Lipinski definition) is 1. The van der Waals surface area contributed by atoms with Crippen LogP contribution in [0.4, 0.5) is 4.79 Å². The molecule has 2 aliphatic heterocycles. The zero-order valence-electron chi connectivity index (χ0n) is 17.1. The number of nitrogens with one attached hydrogen (secondary N) is 1. The third-order valence-electron chi connectivity index (χ3n) is 6.14. The second-order valence-electron chi connectivity index (χ2n) is 8.02. The van der Waals surface area contributed by atoms with Crippen LogP contribution in [0.2, 0.25) is 0 Å². The van der Waals surface area contributed by atoms with Gasteiger partial charge in [-0.15, -0.1) is 11.3 Å². The molecule has 4 rings (SSSR count). The van der Waals surface area contributed by atoms with E-state index in [9.17, 15) is 9.59 Å². The highest BCUT2D eigenvalue weighted by molar-refractivity contribution is 7.10. The molecule has 7 heteroatoms. The summed E-state index contributed by atoms with van der Waals surface area (Å²) in [6.07, 6.45) is 2.24. The lowest BCUT2D eigenvalue weighted by atomic mass is 9.93. The van der Waals surface area contributed by atoms with Gasteiger partial charge in [-0.2, -0.15) is 0 Å². The molecular weight excluding hydrogens is 386 g/mol. The van der Waals surface area contributed by atoms with Crippen molar-refractivity contribution >= 4 is 23.3 Å². The van der Waals surface area contributed by atoms with Gasteiger partial charge in [-0.1, -0.05) is 12.1 Å². The number of imide groups is 1. The molecule has 3 heterocycles. The number of aryl methyl sites for hydroxylation is 1. The Labute approximate surface area is 175 Å². The van der Waals surface area contributed by atoms with Gasteiger partial charge < -0.3 is 10.1 Å². The van der Waals surface area contributed by atoms with Gasteiger partial charge in [0, 0.05) is 17.5 Å². The number of urea groups is 1. The Morgan fingerprint density at radius 1 is 1.24 bits per heavy atom. The summed E-state index contributed by atoms with van der Waals surface area (Å²) in [6, 6.07) is 9.88. The van der Waals surface area contributed by atoms with E-state index in [0.717, 1.165) is 24.3 Å². The lowest BCUT2D eigenvalue weighted by molar-refractivity contribution is -0.132. The van der Waals surface area contributed by atoms with Crippen LogP contribution >= 0.6 is 11.3 Å². The molecule has 2 aliphatic rings. The average Bonchev–Trinajstić information content (AvgIpc) is 3.28. The molecule has 1 fully saturated rings. The Hall–Kier alpha value is -2.38. The molecule has 0 unspecified atom stereocenters. The van der Waals surface area contributed by atoms with Gasteiger partial charge in [0.1, 0.15) is 11.3 Å². The van der Waals surface area contributed by atoms with Gasteiger partial charge >= 0.3 is 6.03 Å². The minimum Gasteiger partial charge on any atom is -0.497 e. The molecular formula is C22H27N3O3S. The number of carbonyl (C=O) groups is 2. The standard InChI is InChI=1S/C22H27N3O3S/c1-15-18-10-13-29-19(18)9-12-24(15)14-25-20(26)22(2,23-21(25)27)11-8-16-4-6-17(28-3)7-5-16/h4-7,10,13,15H,8-9,11-12,14H2,1-3H3,(H,23,27)/t15-,22+/m0/s1. The van der Waals surface area contributed by atoms with Crippen LogP contribution in [0.5, 0.6) is 5.75 Å². The Bertz CT molecular complexity index is 910. The number of methoxy groups -OCH3 is 1. The van der Waals surface area contributed by atoms with Crippen LogP contribution < -0.4 is 10.1 Å². The van der Waals surface area contributed by atoms with Gasteiger partial charge in [0.2, 0.25) is 0 Å². The van der Waals surface area contributed by atoms with E-state index in [1.807, 2.05) is 31.2 Å². The molecule has 0 radical (unpaired) electrons. The van der Waals surface area contributed by atoms with Crippen LogP contribution in [0.15, 0.2) is 35.7 Å². The molecule has 1 saturated heterocycles. The average molecular weight is 414 g/mol. The molecule has 3 amide bonds. The van der Waals surface area contributed by atoms with Crippen molar-refractivity contribution in [2.75, 3.05) is 20.3 Å². The Balaban J connectivity index is 1.41. The minimum absolute atomic E-state index is 0.140. The van der Waals surface area contributed by atoms with E-state index in [1.54, 1.807) is 18.4 Å². The van der Waals surface area contributed by atoms with E-state index in [1.165, 1.54) is 15.3 Å². The monoisotopic (exact) mass is 413 g/mol. The SMILES string of the molecule is COc1ccc(CC[C@@]2(C)NC(=O)N(CN3CCc4sccc4[C@@H]3C)C2=O)cc1. The fourth-order valence-corrected chi connectivity index (χ4v) is 5.13. The highest BCUT2D eigenvalue weighted by Gasteiger charge is 2.48. The van der Waals surface area contributed by atoms with Crippen molar-refractivity contribution in [1.82, 2.24) is 15.1 Å². The predicted octanol–water partition coefficient (Wildman–Crippen LogP) is 3.58. The minimum atomic E-state index is -0.871. The van der Waals surface area contributed by atoms with Crippen LogP contribution in [0, 0.1) is 0 Å². The number of fused-ring (bicyclic) bond motifs is 1. The molecule has 1 aromatic carbocycles. The van der Waals surface area contributed by atoms with Gasteiger partial charge in [-0.25, -0.2) is 9.69 Å². The van der Waals surface area contributed by atoms with Crippen LogP contribution in [0.1, 0.15) is 42.3 Å². The van der Waals surface area contributed by atoms with E-state index in [-0.39, 0.29) is 18.0 Å². The predicted molar refractivity (Wildman–Crippen MR) is 113 cm³/mol. The van der Waals surface area contributed by atoms with Gasteiger partial charge in [0.05, 0.1) is 13.8 Å². The number of thiophene rings is 1. The zero-order chi connectivity index (χ0) is 20.6. The van der Waals surface area contributed by atoms with Crippen molar-refractivity contribution in [1.29, 1.82) is 0 Å². The fourth-order valence-electron chi connectivity index (χ4n) is 4.17. The fraction of sp³-hybridized carbons (Fsp3) is 0.455. The first-order chi connectivity index (χ1) is 13.9. The van der Waals surface area contributed by atoms with E-state index < -0.39 is 5.54 Å². The molecule has 1 aromatic heterocycles. The number of nitrogens with zero attached hydrogens (tertiary/aromatic N) is 2. The Morgan fingerprint density at radius 2 is 2.00 bits per heavy atom. The van der Waals surface area contributed by atoms with Crippen LogP contribution in [-0.2, 0) is 17.6 Å². The summed E-state index contributed by atoms with van der Waals surface area (Å²) < 4.78 is 5.19. The zero-order valence-corrected chi connectivity index (χ0v) is 17.9. The normalized spacial score (nSPS) is 24.5. The summed E-state index contributed by atoms with van der Waals surface area (Å²) in [5.41, 5.74) is 1.56. The maximum atomic E-state index is 13.1. The third kappa shape index (κ3) is 3.76. The van der Waals surface area contributed by atoms with Gasteiger partial charge in [-0.3, -0.25) is 9.69 Å². The molecule has 1 N–H and O–H groups in total. The molecule has 6 nitrogen and oxygen atoms in total. The molecule has 0 bridgehead atoms. The van der Waals surface area contributed by atoms with E-state index in [0.29, 0.717) is 19.5 Å². The summed E-state index contributed by atoms with van der Waals surface area (Å²) in [6.45, 7) is 5.16. The van der Waals surface area contributed by atoms with E-state index in [4.69, 9.17) is 4.74 Å². The molecule has 154 valence electrons. The summed E-state index contributed by atoms with van der Waals surface area (Å²) >= 11 is 1.79. The molecule has 0 spiro atoms. The Kier molecular flexibility index (Phi) is 5.36. The van der Waals surface area contributed by atoms with Crippen molar-refractivity contribution in [3.8, 4) is 5.75 Å². The first kappa shape index (κ1) is 19.9. The second-order valence-corrected chi connectivity index (χ2v) is 9.02. The maximum Gasteiger partial charge on any atom is 0.326 e. The number of carbonyl (C=O) groups excluding carboxylic acids is 2. The summed E-state index contributed by atoms with van der Waals surface area (Å²) in [4.78, 5) is 30.8. The molecule has 0 aliphatic carbocycles. The van der Waals surface area contributed by atoms with Gasteiger partial charge in [-0.05, 0) is 67.8 Å². The van der Waals surface area contributed by atoms with Crippen LogP contribution in [-0.4, -0.2) is 47.6 Å². The molecule has 0 saturated carbocycles. The van der Waals surface area contributed by atoms with Crippen molar-refractivity contribution < 1.29 is 14.3 Å². The van der Waals surface area contributed by atoms with Crippen LogP contribution in [0.3, 0.4) is 0 Å². The highest BCUT2D eigenvalue weighted by atomic mass is 32.1. The van der Waals surface area contributed by atoms with Crippen molar-refractivity contribution in [2.24, 2.45) is 0 Å². The number of ether oxygens (including phenoxy) is 1. The highest BCUT2D eigenvalue weighted by Crippen LogP contribution is 2.33. The summed E-state index contributed by atoms with van der Waals surface area (Å²) in [5.74, 6) is 0.667. The summed E-state index contributed by atoms with van der Waals surface area (Å²) in [7, 11) is 1.64. The van der Waals surface area contributed by atoms with Gasteiger partial charge in [0.15, 0.2) is 0 Å². The first-order valence-electron chi connectivity index (χ1n) is 9.98. The van der Waals surface area contributed by atoms with E-state index >= 15 is 0 Å². The topological polar surface area (TPSA) is 61.9 Å². The number of hydrogen-bond acceptors (Lipinski definition) is 5. The lowest BCUT2D eigenvalue weighted by Gasteiger charge is -2.35. The molecule has 2 atom stereocenters. The van der Waals surface area contributed by atoms with Crippen molar-refractivity contribution in [3.05, 3.63) is 51.7 Å². The van der Waals surface area contributed by atoms with Crippen LogP contribution in [0.25, 0.3) is 0 Å². The maximum absolute atomic E-state index is 13.1. The summed E-state index contributed by atoms with van der Waals surface area (Å²) in [5, 5.41) is 5.05. The quantitative estimate of drug-likeness (QED) is 0.736. The van der Waals surface area contributed by atoms with Crippen molar-refractivity contribution in [2.45, 2.75) is 44.7 Å².